The quantitative estimate of drug-likeness (QED) is 0.537. The first-order valence-electron chi connectivity index (χ1n) is 8.04. The maximum atomic E-state index is 12.7. The molecule has 25 heavy (non-hydrogen) atoms. The van der Waals surface area contributed by atoms with E-state index in [-0.39, 0.29) is 11.7 Å². The van der Waals surface area contributed by atoms with E-state index in [1.54, 1.807) is 0 Å². The van der Waals surface area contributed by atoms with Crippen LogP contribution < -0.4 is 10.6 Å². The Morgan fingerprint density at radius 1 is 0.720 bits per heavy atom. The highest BCUT2D eigenvalue weighted by atomic mass is 16.2. The minimum absolute atomic E-state index is 0.235. The molecule has 1 amide bonds. The third-order valence-electron chi connectivity index (χ3n) is 3.56. The number of amides is 1. The van der Waals surface area contributed by atoms with Crippen LogP contribution in [0.5, 0.6) is 0 Å². The van der Waals surface area contributed by atoms with Crippen molar-refractivity contribution in [2.75, 3.05) is 10.6 Å². The zero-order valence-corrected chi connectivity index (χ0v) is 13.9. The second-order valence-corrected chi connectivity index (χ2v) is 5.61. The number of para-hydroxylation sites is 2. The first kappa shape index (κ1) is 16.5. The lowest BCUT2D eigenvalue weighted by Crippen LogP contribution is -2.29. The summed E-state index contributed by atoms with van der Waals surface area (Å²) in [6.07, 6.45) is 0. The van der Waals surface area contributed by atoms with Gasteiger partial charge in [-0.2, -0.15) is 0 Å². The molecule has 0 aliphatic carbocycles. The Balaban J connectivity index is 1.87. The number of hydrogen-bond donors (Lipinski definition) is 2. The molecular weight excluding hydrogens is 310 g/mol. The van der Waals surface area contributed by atoms with Gasteiger partial charge >= 0.3 is 0 Å². The summed E-state index contributed by atoms with van der Waals surface area (Å²) in [6.45, 7) is 2.01. The van der Waals surface area contributed by atoms with Crippen molar-refractivity contribution in [2.24, 2.45) is 4.99 Å². The number of rotatable bonds is 3. The van der Waals surface area contributed by atoms with Crippen LogP contribution in [0.4, 0.5) is 17.1 Å². The fourth-order valence-corrected chi connectivity index (χ4v) is 2.25. The minimum Gasteiger partial charge on any atom is -0.336 e. The van der Waals surface area contributed by atoms with Gasteiger partial charge in [0, 0.05) is 11.4 Å². The molecule has 0 spiro atoms. The Morgan fingerprint density at radius 2 is 1.24 bits per heavy atom. The first-order chi connectivity index (χ1) is 12.2. The number of amidine groups is 1. The molecule has 2 N–H and O–H groups in total. The van der Waals surface area contributed by atoms with E-state index >= 15 is 0 Å². The maximum absolute atomic E-state index is 12.7. The molecule has 3 aromatic carbocycles. The van der Waals surface area contributed by atoms with Gasteiger partial charge < -0.3 is 10.6 Å². The van der Waals surface area contributed by atoms with E-state index in [9.17, 15) is 4.79 Å². The second kappa shape index (κ2) is 7.93. The van der Waals surface area contributed by atoms with Crippen molar-refractivity contribution in [1.29, 1.82) is 0 Å². The van der Waals surface area contributed by atoms with Gasteiger partial charge in [-0.25, -0.2) is 4.99 Å². The van der Waals surface area contributed by atoms with Gasteiger partial charge in [-0.05, 0) is 43.3 Å². The lowest BCUT2D eigenvalue weighted by atomic mass is 10.2. The number of anilines is 2. The molecule has 0 bridgehead atoms. The molecule has 0 aliphatic heterocycles. The zero-order chi connectivity index (χ0) is 17.5. The Kier molecular flexibility index (Phi) is 5.22. The summed E-state index contributed by atoms with van der Waals surface area (Å²) in [5.41, 5.74) is 3.38. The number of aryl methyl sites for hydroxylation is 1. The molecular formula is C21H19N3O. The molecule has 0 unspecified atom stereocenters. The van der Waals surface area contributed by atoms with Gasteiger partial charge in [-0.1, -0.05) is 54.1 Å². The molecule has 0 atom stereocenters. The summed E-state index contributed by atoms with van der Waals surface area (Å²) in [4.78, 5) is 17.2. The van der Waals surface area contributed by atoms with Crippen molar-refractivity contribution in [3.63, 3.8) is 0 Å². The van der Waals surface area contributed by atoms with Gasteiger partial charge in [0.2, 0.25) is 0 Å². The highest BCUT2D eigenvalue weighted by Crippen LogP contribution is 2.15. The summed E-state index contributed by atoms with van der Waals surface area (Å²) in [6, 6.07) is 26.5. The third kappa shape index (κ3) is 4.78. The van der Waals surface area contributed by atoms with Crippen LogP contribution in [0.2, 0.25) is 0 Å². The normalized spacial score (nSPS) is 11.0. The fourth-order valence-electron chi connectivity index (χ4n) is 2.25. The predicted molar refractivity (Wildman–Crippen MR) is 103 cm³/mol. The Bertz CT molecular complexity index is 857. The molecule has 4 nitrogen and oxygen atoms in total. The zero-order valence-electron chi connectivity index (χ0n) is 13.9. The number of nitrogens with one attached hydrogen (secondary N) is 2. The van der Waals surface area contributed by atoms with Crippen LogP contribution in [-0.4, -0.2) is 11.7 Å². The van der Waals surface area contributed by atoms with Crippen LogP contribution in [0.25, 0.3) is 0 Å². The molecule has 0 saturated carbocycles. The topological polar surface area (TPSA) is 53.5 Å². The summed E-state index contributed by atoms with van der Waals surface area (Å²) in [5.74, 6) is -0.0606. The Hall–Kier alpha value is -3.40. The van der Waals surface area contributed by atoms with Crippen LogP contribution in [0.1, 0.15) is 5.56 Å². The smallest absolute Gasteiger partial charge is 0.291 e. The van der Waals surface area contributed by atoms with Crippen molar-refractivity contribution in [1.82, 2.24) is 0 Å². The van der Waals surface area contributed by atoms with E-state index in [0.29, 0.717) is 5.69 Å². The monoisotopic (exact) mass is 329 g/mol. The lowest BCUT2D eigenvalue weighted by Gasteiger charge is -2.11. The summed E-state index contributed by atoms with van der Waals surface area (Å²) in [7, 11) is 0. The van der Waals surface area contributed by atoms with Crippen LogP contribution in [0, 0.1) is 6.92 Å². The van der Waals surface area contributed by atoms with Crippen LogP contribution in [0.15, 0.2) is 89.9 Å². The van der Waals surface area contributed by atoms with E-state index in [4.69, 9.17) is 0 Å². The predicted octanol–water partition coefficient (Wildman–Crippen LogP) is 4.78. The molecule has 0 fully saturated rings. The van der Waals surface area contributed by atoms with Gasteiger partial charge in [0.25, 0.3) is 5.91 Å². The lowest BCUT2D eigenvalue weighted by molar-refractivity contribution is -0.110. The number of carbonyl (C=O) groups is 1. The molecule has 4 heteroatoms. The molecule has 0 heterocycles. The summed E-state index contributed by atoms with van der Waals surface area (Å²) >= 11 is 0. The summed E-state index contributed by atoms with van der Waals surface area (Å²) < 4.78 is 0. The highest BCUT2D eigenvalue weighted by Gasteiger charge is 2.12. The fraction of sp³-hybridized carbons (Fsp3) is 0.0476. The van der Waals surface area contributed by atoms with Gasteiger partial charge in [0.15, 0.2) is 5.84 Å². The molecule has 0 radical (unpaired) electrons. The number of aliphatic imine (C=N–C) groups is 1. The number of carbonyl (C=O) groups excluding carboxylic acids is 1. The van der Waals surface area contributed by atoms with Crippen molar-refractivity contribution < 1.29 is 4.79 Å². The molecule has 0 aliphatic rings. The molecule has 0 saturated heterocycles. The number of nitrogens with zero attached hydrogens (tertiary/aromatic N) is 1. The first-order valence-corrected chi connectivity index (χ1v) is 8.04. The van der Waals surface area contributed by atoms with E-state index < -0.39 is 0 Å². The van der Waals surface area contributed by atoms with Crippen molar-refractivity contribution in [2.45, 2.75) is 6.92 Å². The standard InChI is InChI=1S/C21H19N3O/c1-16-12-14-19(15-13-16)23-20(22-17-8-4-2-5-9-17)21(25)24-18-10-6-3-7-11-18/h2-15H,1H3,(H,22,23)(H,24,25). The summed E-state index contributed by atoms with van der Waals surface area (Å²) in [5, 5.41) is 5.96. The van der Waals surface area contributed by atoms with Crippen LogP contribution in [-0.2, 0) is 4.79 Å². The van der Waals surface area contributed by atoms with Gasteiger partial charge in [-0.3, -0.25) is 4.79 Å². The second-order valence-electron chi connectivity index (χ2n) is 5.61. The van der Waals surface area contributed by atoms with E-state index in [1.165, 1.54) is 0 Å². The molecule has 3 rings (SSSR count). The van der Waals surface area contributed by atoms with E-state index in [0.717, 1.165) is 16.9 Å². The van der Waals surface area contributed by atoms with Gasteiger partial charge in [-0.15, -0.1) is 0 Å². The average Bonchev–Trinajstić information content (AvgIpc) is 2.64. The third-order valence-corrected chi connectivity index (χ3v) is 3.56. The van der Waals surface area contributed by atoms with Gasteiger partial charge in [0.05, 0.1) is 5.69 Å². The molecule has 0 aromatic heterocycles. The largest absolute Gasteiger partial charge is 0.336 e. The average molecular weight is 329 g/mol. The highest BCUT2D eigenvalue weighted by molar-refractivity contribution is 6.46. The van der Waals surface area contributed by atoms with Crippen molar-refractivity contribution in [3.8, 4) is 0 Å². The number of hydrogen-bond acceptors (Lipinski definition) is 2. The van der Waals surface area contributed by atoms with Crippen LogP contribution in [0.3, 0.4) is 0 Å². The Morgan fingerprint density at radius 3 is 1.80 bits per heavy atom. The van der Waals surface area contributed by atoms with Crippen molar-refractivity contribution in [3.05, 3.63) is 90.5 Å². The van der Waals surface area contributed by atoms with Gasteiger partial charge in [0.1, 0.15) is 0 Å². The molecule has 3 aromatic rings. The SMILES string of the molecule is Cc1ccc(N=C(Nc2ccccc2)C(=O)Nc2ccccc2)cc1. The van der Waals surface area contributed by atoms with Crippen LogP contribution >= 0.6 is 0 Å². The van der Waals surface area contributed by atoms with E-state index in [1.807, 2.05) is 91.9 Å². The maximum Gasteiger partial charge on any atom is 0.291 e. The minimum atomic E-state index is -0.296. The Labute approximate surface area is 147 Å². The van der Waals surface area contributed by atoms with E-state index in [2.05, 4.69) is 15.6 Å². The van der Waals surface area contributed by atoms with Crippen molar-refractivity contribution >= 4 is 28.8 Å². The molecule has 124 valence electrons. The number of benzene rings is 3.